The largest absolute Gasteiger partial charge is 0.304 e. The molecule has 1 amide bonds. The van der Waals surface area contributed by atoms with Crippen LogP contribution in [0, 0.1) is 24.3 Å². The maximum Gasteiger partial charge on any atom is 0.231 e. The first-order chi connectivity index (χ1) is 11.7. The molecule has 6 heteroatoms. The van der Waals surface area contributed by atoms with Crippen molar-refractivity contribution >= 4 is 22.4 Å². The molecule has 2 aromatic rings. The van der Waals surface area contributed by atoms with Crippen molar-refractivity contribution < 1.29 is 4.79 Å². The van der Waals surface area contributed by atoms with Crippen LogP contribution < -0.4 is 5.32 Å². The maximum atomic E-state index is 12.6. The van der Waals surface area contributed by atoms with Crippen LogP contribution in [0.15, 0.2) is 29.6 Å². The minimum Gasteiger partial charge on any atom is -0.304 e. The van der Waals surface area contributed by atoms with E-state index >= 15 is 0 Å². The summed E-state index contributed by atoms with van der Waals surface area (Å²) in [4.78, 5) is 18.9. The molecule has 0 radical (unpaired) electrons. The van der Waals surface area contributed by atoms with Crippen LogP contribution in [-0.2, 0) is 4.79 Å². The van der Waals surface area contributed by atoms with E-state index in [-0.39, 0.29) is 23.9 Å². The number of hydrogen-bond acceptors (Lipinski definition) is 5. The average molecular weight is 338 g/mol. The fraction of sp³-hybridized carbons (Fsp3) is 0.389. The molecule has 3 heterocycles. The number of aryl methyl sites for hydroxylation is 1. The van der Waals surface area contributed by atoms with Gasteiger partial charge >= 0.3 is 0 Å². The lowest BCUT2D eigenvalue weighted by atomic mass is 9.88. The zero-order valence-corrected chi connectivity index (χ0v) is 14.2. The molecule has 122 valence electrons. The number of carbonyl (C=O) groups excluding carboxylic acids is 1. The van der Waals surface area contributed by atoms with E-state index in [1.807, 2.05) is 22.4 Å². The van der Waals surface area contributed by atoms with Crippen molar-refractivity contribution in [1.29, 1.82) is 5.26 Å². The highest BCUT2D eigenvalue weighted by Gasteiger charge is 2.49. The SMILES string of the molecule is Cc1cccc(-c2csc(NC(=O)C3CC4CCC3N4C#N)n2)c1. The van der Waals surface area contributed by atoms with Crippen molar-refractivity contribution in [2.24, 2.45) is 5.92 Å². The predicted molar refractivity (Wildman–Crippen MR) is 93.3 cm³/mol. The van der Waals surface area contributed by atoms with E-state index in [4.69, 9.17) is 0 Å². The normalized spacial score (nSPS) is 24.8. The van der Waals surface area contributed by atoms with Crippen molar-refractivity contribution in [3.63, 3.8) is 0 Å². The number of nitrogens with one attached hydrogen (secondary N) is 1. The van der Waals surface area contributed by atoms with Gasteiger partial charge in [-0.05, 0) is 32.3 Å². The van der Waals surface area contributed by atoms with Gasteiger partial charge in [-0.25, -0.2) is 4.98 Å². The van der Waals surface area contributed by atoms with Gasteiger partial charge in [-0.2, -0.15) is 5.26 Å². The molecule has 1 aromatic heterocycles. The van der Waals surface area contributed by atoms with Crippen LogP contribution in [0.3, 0.4) is 0 Å². The van der Waals surface area contributed by atoms with Gasteiger partial charge in [-0.15, -0.1) is 11.3 Å². The lowest BCUT2D eigenvalue weighted by Gasteiger charge is -2.19. The quantitative estimate of drug-likeness (QED) is 0.871. The van der Waals surface area contributed by atoms with Gasteiger partial charge in [0.15, 0.2) is 11.3 Å². The van der Waals surface area contributed by atoms with Gasteiger partial charge in [0.05, 0.1) is 17.7 Å². The highest BCUT2D eigenvalue weighted by atomic mass is 32.1. The number of thiazole rings is 1. The van der Waals surface area contributed by atoms with Gasteiger partial charge in [0.25, 0.3) is 0 Å². The molecule has 1 N–H and O–H groups in total. The number of anilines is 1. The average Bonchev–Trinajstić information content (AvgIpc) is 3.28. The van der Waals surface area contributed by atoms with Crippen LogP contribution in [-0.4, -0.2) is 27.9 Å². The minimum atomic E-state index is -0.102. The highest BCUT2D eigenvalue weighted by Crippen LogP contribution is 2.41. The third-order valence-electron chi connectivity index (χ3n) is 5.04. The molecule has 0 spiro atoms. The summed E-state index contributed by atoms with van der Waals surface area (Å²) in [6.45, 7) is 2.05. The van der Waals surface area contributed by atoms with Crippen LogP contribution in [0.4, 0.5) is 5.13 Å². The monoisotopic (exact) mass is 338 g/mol. The van der Waals surface area contributed by atoms with E-state index in [1.54, 1.807) is 0 Å². The second kappa shape index (κ2) is 5.91. The van der Waals surface area contributed by atoms with Crippen molar-refractivity contribution in [2.45, 2.75) is 38.3 Å². The maximum absolute atomic E-state index is 12.6. The topological polar surface area (TPSA) is 69.0 Å². The smallest absolute Gasteiger partial charge is 0.231 e. The molecule has 3 atom stereocenters. The Morgan fingerprint density at radius 1 is 1.46 bits per heavy atom. The van der Waals surface area contributed by atoms with Gasteiger partial charge in [-0.1, -0.05) is 23.8 Å². The number of nitriles is 1. The minimum absolute atomic E-state index is 0.00686. The summed E-state index contributed by atoms with van der Waals surface area (Å²) >= 11 is 1.44. The first kappa shape index (κ1) is 15.2. The number of rotatable bonds is 3. The number of benzene rings is 1. The Kier molecular flexibility index (Phi) is 3.73. The molecule has 0 aliphatic carbocycles. The van der Waals surface area contributed by atoms with E-state index in [2.05, 4.69) is 35.6 Å². The molecule has 2 aliphatic rings. The first-order valence-electron chi connectivity index (χ1n) is 8.17. The molecule has 0 saturated carbocycles. The molecule has 2 saturated heterocycles. The van der Waals surface area contributed by atoms with Crippen LogP contribution >= 0.6 is 11.3 Å². The lowest BCUT2D eigenvalue weighted by Crippen LogP contribution is -2.33. The number of nitrogens with zero attached hydrogens (tertiary/aromatic N) is 3. The summed E-state index contributed by atoms with van der Waals surface area (Å²) in [6, 6.07) is 8.48. The van der Waals surface area contributed by atoms with Gasteiger partial charge in [0.1, 0.15) is 0 Å². The zero-order chi connectivity index (χ0) is 16.7. The molecule has 4 rings (SSSR count). The number of amides is 1. The highest BCUT2D eigenvalue weighted by molar-refractivity contribution is 7.14. The molecular formula is C18H18N4OS. The summed E-state index contributed by atoms with van der Waals surface area (Å²) in [7, 11) is 0. The standard InChI is InChI=1S/C18H18N4OS/c1-11-3-2-4-12(7-11)15-9-24-18(20-15)21-17(23)14-8-13-5-6-16(14)22(13)10-19/h2-4,7,9,13-14,16H,5-6,8H2,1H3,(H,20,21,23). The Bertz CT molecular complexity index is 824. The molecule has 5 nitrogen and oxygen atoms in total. The van der Waals surface area contributed by atoms with Crippen LogP contribution in [0.1, 0.15) is 24.8 Å². The van der Waals surface area contributed by atoms with E-state index in [1.165, 1.54) is 16.9 Å². The number of fused-ring (bicyclic) bond motifs is 2. The Labute approximate surface area is 144 Å². The molecule has 1 aromatic carbocycles. The molecule has 24 heavy (non-hydrogen) atoms. The lowest BCUT2D eigenvalue weighted by molar-refractivity contribution is -0.120. The Hall–Kier alpha value is -2.39. The Morgan fingerprint density at radius 2 is 2.33 bits per heavy atom. The second-order valence-corrected chi connectivity index (χ2v) is 7.40. The van der Waals surface area contributed by atoms with Crippen LogP contribution in [0.2, 0.25) is 0 Å². The van der Waals surface area contributed by atoms with Gasteiger partial charge < -0.3 is 10.2 Å². The zero-order valence-electron chi connectivity index (χ0n) is 13.4. The van der Waals surface area contributed by atoms with Crippen molar-refractivity contribution in [2.75, 3.05) is 5.32 Å². The molecule has 2 aliphatic heterocycles. The number of carbonyl (C=O) groups is 1. The summed E-state index contributed by atoms with van der Waals surface area (Å²) in [5, 5.41) is 14.8. The second-order valence-electron chi connectivity index (χ2n) is 6.54. The Balaban J connectivity index is 1.47. The molecule has 2 fully saturated rings. The van der Waals surface area contributed by atoms with Crippen molar-refractivity contribution in [3.05, 3.63) is 35.2 Å². The summed E-state index contributed by atoms with van der Waals surface area (Å²) < 4.78 is 0. The first-order valence-corrected chi connectivity index (χ1v) is 9.05. The van der Waals surface area contributed by atoms with E-state index < -0.39 is 0 Å². The van der Waals surface area contributed by atoms with E-state index in [9.17, 15) is 10.1 Å². The molecule has 3 unspecified atom stereocenters. The third-order valence-corrected chi connectivity index (χ3v) is 5.79. The third kappa shape index (κ3) is 2.55. The van der Waals surface area contributed by atoms with Crippen LogP contribution in [0.25, 0.3) is 11.3 Å². The van der Waals surface area contributed by atoms with Gasteiger partial charge in [0, 0.05) is 17.0 Å². The van der Waals surface area contributed by atoms with Gasteiger partial charge in [0.2, 0.25) is 5.91 Å². The summed E-state index contributed by atoms with van der Waals surface area (Å²) in [5.41, 5.74) is 3.12. The van der Waals surface area contributed by atoms with Crippen molar-refractivity contribution in [3.8, 4) is 17.5 Å². The summed E-state index contributed by atoms with van der Waals surface area (Å²) in [5.74, 6) is -0.109. The molecular weight excluding hydrogens is 320 g/mol. The number of hydrogen-bond donors (Lipinski definition) is 1. The number of aromatic nitrogens is 1. The van der Waals surface area contributed by atoms with E-state index in [0.717, 1.165) is 30.5 Å². The Morgan fingerprint density at radius 3 is 3.08 bits per heavy atom. The van der Waals surface area contributed by atoms with Gasteiger partial charge in [-0.3, -0.25) is 4.79 Å². The fourth-order valence-electron chi connectivity index (χ4n) is 3.89. The van der Waals surface area contributed by atoms with E-state index in [0.29, 0.717) is 5.13 Å². The van der Waals surface area contributed by atoms with Crippen LogP contribution in [0.5, 0.6) is 0 Å². The molecule has 2 bridgehead atoms. The summed E-state index contributed by atoms with van der Waals surface area (Å²) in [6.07, 6.45) is 4.98. The predicted octanol–water partition coefficient (Wildman–Crippen LogP) is 3.39. The fourth-order valence-corrected chi connectivity index (χ4v) is 4.62. The van der Waals surface area contributed by atoms with Crippen molar-refractivity contribution in [1.82, 2.24) is 9.88 Å².